The first kappa shape index (κ1) is 32.2. The number of Topliss-reactive ketones (excluding diaryl/α,β-unsaturated/α-hetero) is 1. The van der Waals surface area contributed by atoms with Crippen LogP contribution in [0.1, 0.15) is 19.8 Å². The quantitative estimate of drug-likeness (QED) is 0.217. The van der Waals surface area contributed by atoms with Crippen LogP contribution in [0.5, 0.6) is 5.75 Å². The summed E-state index contributed by atoms with van der Waals surface area (Å²) in [4.78, 5) is 63.4. The summed E-state index contributed by atoms with van der Waals surface area (Å²) < 4.78 is 77.7. The summed E-state index contributed by atoms with van der Waals surface area (Å²) >= 11 is 0. The van der Waals surface area contributed by atoms with Gasteiger partial charge in [-0.3, -0.25) is 24.0 Å². The van der Waals surface area contributed by atoms with Crippen molar-refractivity contribution in [3.05, 3.63) is 53.4 Å². The third-order valence-electron chi connectivity index (χ3n) is 6.36. The number of carbonyl (C=O) groups is 5. The van der Waals surface area contributed by atoms with Crippen LogP contribution in [0.3, 0.4) is 0 Å². The van der Waals surface area contributed by atoms with Crippen LogP contribution in [-0.4, -0.2) is 84.0 Å². The lowest BCUT2D eigenvalue weighted by Gasteiger charge is -2.30. The number of hydrogen-bond acceptors (Lipinski definition) is 7. The predicted molar refractivity (Wildman–Crippen MR) is 131 cm³/mol. The van der Waals surface area contributed by atoms with Crippen molar-refractivity contribution in [2.75, 3.05) is 32.9 Å². The molecule has 0 aromatic heterocycles. The number of nitrogens with one attached hydrogen (secondary N) is 2. The first-order valence-corrected chi connectivity index (χ1v) is 12.5. The number of hydrogen-bond donors (Lipinski definition) is 3. The third kappa shape index (κ3) is 8.11. The Bertz CT molecular complexity index is 1310. The maximum absolute atomic E-state index is 13.8. The van der Waals surface area contributed by atoms with Gasteiger partial charge in [-0.1, -0.05) is 6.08 Å². The fourth-order valence-electron chi connectivity index (χ4n) is 4.04. The highest BCUT2D eigenvalue weighted by molar-refractivity contribution is 6.35. The number of carbonyl (C=O) groups excluding carboxylic acids is 4. The van der Waals surface area contributed by atoms with Gasteiger partial charge in [-0.15, -0.1) is 0 Å². The number of halogens is 5. The minimum atomic E-state index is -1.93. The molecule has 228 valence electrons. The molecule has 3 atom stereocenters. The van der Waals surface area contributed by atoms with E-state index in [2.05, 4.69) is 15.4 Å². The van der Waals surface area contributed by atoms with Crippen molar-refractivity contribution in [1.29, 1.82) is 0 Å². The molecule has 1 aliphatic heterocycles. The first-order chi connectivity index (χ1) is 19.7. The standard InChI is InChI=1S/C26H26F5N3O8/c1-26(4-2-14(27)3-5-26)33-24(39)25(40)34-6-7-41-11-13(10-34)23(38)32-17(9-19(36)37)18(35)12-42-22-20(30)15(28)8-16(29)21(22)31/h2-4,8,13,17H,5-7,9-12H2,1H3,(H,32,38)(H,33,39)(H,36,37)/t13-,17-,26?/m0/s1. The van der Waals surface area contributed by atoms with Crippen molar-refractivity contribution < 1.29 is 60.5 Å². The number of amides is 3. The van der Waals surface area contributed by atoms with Crippen molar-refractivity contribution in [3.63, 3.8) is 0 Å². The number of carboxylic acids is 1. The SMILES string of the molecule is CC1(NC(=O)C(=O)N2CCOC[C@@H](C(=O)N[C@@H](CC(=O)O)C(=O)COc3c(F)c(F)cc(F)c3F)C2)C=CC(F)=CC1. The van der Waals surface area contributed by atoms with Gasteiger partial charge in [0.15, 0.2) is 23.2 Å². The van der Waals surface area contributed by atoms with E-state index in [1.807, 2.05) is 0 Å². The van der Waals surface area contributed by atoms with Crippen LogP contribution < -0.4 is 15.4 Å². The van der Waals surface area contributed by atoms with Crippen LogP contribution in [0.2, 0.25) is 0 Å². The molecule has 1 aromatic carbocycles. The van der Waals surface area contributed by atoms with Crippen LogP contribution in [-0.2, 0) is 28.7 Å². The second-order valence-corrected chi connectivity index (χ2v) is 9.73. The van der Waals surface area contributed by atoms with Gasteiger partial charge in [-0.05, 0) is 25.5 Å². The Morgan fingerprint density at radius 2 is 1.81 bits per heavy atom. The average molecular weight is 603 g/mol. The number of rotatable bonds is 9. The van der Waals surface area contributed by atoms with E-state index in [9.17, 15) is 51.0 Å². The smallest absolute Gasteiger partial charge is 0.312 e. The zero-order valence-corrected chi connectivity index (χ0v) is 22.1. The topological polar surface area (TPSA) is 151 Å². The van der Waals surface area contributed by atoms with Crippen molar-refractivity contribution in [2.45, 2.75) is 31.3 Å². The summed E-state index contributed by atoms with van der Waals surface area (Å²) in [5.41, 5.74) is -1.04. The zero-order chi connectivity index (χ0) is 31.2. The molecule has 1 aromatic rings. The Labute approximate surface area is 235 Å². The Hall–Kier alpha value is -4.34. The molecule has 0 spiro atoms. The van der Waals surface area contributed by atoms with Crippen LogP contribution in [0.25, 0.3) is 0 Å². The molecule has 1 heterocycles. The molecular weight excluding hydrogens is 577 g/mol. The third-order valence-corrected chi connectivity index (χ3v) is 6.36. The largest absolute Gasteiger partial charge is 0.481 e. The molecule has 42 heavy (non-hydrogen) atoms. The van der Waals surface area contributed by atoms with Crippen LogP contribution >= 0.6 is 0 Å². The highest BCUT2D eigenvalue weighted by Crippen LogP contribution is 2.26. The Morgan fingerprint density at radius 1 is 1.14 bits per heavy atom. The van der Waals surface area contributed by atoms with Crippen molar-refractivity contribution >= 4 is 29.5 Å². The van der Waals surface area contributed by atoms with Crippen LogP contribution in [0.4, 0.5) is 22.0 Å². The first-order valence-electron chi connectivity index (χ1n) is 12.5. The maximum atomic E-state index is 13.8. The van der Waals surface area contributed by atoms with Gasteiger partial charge >= 0.3 is 17.8 Å². The summed E-state index contributed by atoms with van der Waals surface area (Å²) in [5.74, 6) is -16.5. The van der Waals surface area contributed by atoms with Gasteiger partial charge in [-0.2, -0.15) is 8.78 Å². The molecular formula is C26H26F5N3O8. The fraction of sp³-hybridized carbons (Fsp3) is 0.423. The predicted octanol–water partition coefficient (Wildman–Crippen LogP) is 1.31. The Balaban J connectivity index is 1.66. The average Bonchev–Trinajstić information content (AvgIpc) is 3.19. The van der Waals surface area contributed by atoms with Gasteiger partial charge in [0, 0.05) is 19.2 Å². The normalized spacial score (nSPS) is 21.0. The van der Waals surface area contributed by atoms with E-state index in [1.54, 1.807) is 6.92 Å². The van der Waals surface area contributed by atoms with E-state index < -0.39 is 94.8 Å². The molecule has 1 saturated heterocycles. The van der Waals surface area contributed by atoms with Crippen molar-refractivity contribution in [3.8, 4) is 5.75 Å². The summed E-state index contributed by atoms with van der Waals surface area (Å²) in [7, 11) is 0. The molecule has 16 heteroatoms. The minimum absolute atomic E-state index is 0.0689. The molecule has 3 N–H and O–H groups in total. The highest BCUT2D eigenvalue weighted by Gasteiger charge is 2.35. The molecule has 2 aliphatic rings. The molecule has 3 amide bonds. The zero-order valence-electron chi connectivity index (χ0n) is 22.1. The monoisotopic (exact) mass is 603 g/mol. The Morgan fingerprint density at radius 3 is 2.40 bits per heavy atom. The molecule has 1 aliphatic carbocycles. The lowest BCUT2D eigenvalue weighted by molar-refractivity contribution is -0.147. The minimum Gasteiger partial charge on any atom is -0.481 e. The molecule has 11 nitrogen and oxygen atoms in total. The van der Waals surface area contributed by atoms with Gasteiger partial charge in [-0.25, -0.2) is 13.2 Å². The number of carboxylic acid groups (broad SMARTS) is 1. The summed E-state index contributed by atoms with van der Waals surface area (Å²) in [6.45, 7) is -0.526. The molecule has 1 unspecified atom stereocenters. The lowest BCUT2D eigenvalue weighted by Crippen LogP contribution is -2.53. The number of ether oxygens (including phenoxy) is 2. The summed E-state index contributed by atoms with van der Waals surface area (Å²) in [6.07, 6.45) is 2.83. The molecule has 0 radical (unpaired) electrons. The van der Waals surface area contributed by atoms with Gasteiger partial charge in [0.2, 0.25) is 17.5 Å². The van der Waals surface area contributed by atoms with Crippen molar-refractivity contribution in [2.24, 2.45) is 5.92 Å². The van der Waals surface area contributed by atoms with Crippen LogP contribution in [0, 0.1) is 29.2 Å². The highest BCUT2D eigenvalue weighted by atomic mass is 19.2. The molecule has 1 fully saturated rings. The van der Waals surface area contributed by atoms with E-state index in [4.69, 9.17) is 4.74 Å². The molecule has 3 rings (SSSR count). The number of allylic oxidation sites excluding steroid dienone is 2. The molecule has 0 bridgehead atoms. The second-order valence-electron chi connectivity index (χ2n) is 9.73. The number of aliphatic carboxylic acids is 1. The maximum Gasteiger partial charge on any atom is 0.312 e. The Kier molecular flexibility index (Phi) is 10.4. The van der Waals surface area contributed by atoms with E-state index in [0.29, 0.717) is 0 Å². The van der Waals surface area contributed by atoms with Gasteiger partial charge in [0.1, 0.15) is 18.5 Å². The van der Waals surface area contributed by atoms with E-state index >= 15 is 0 Å². The fourth-order valence-corrected chi connectivity index (χ4v) is 4.04. The number of benzene rings is 1. The van der Waals surface area contributed by atoms with Gasteiger partial charge in [0.05, 0.1) is 31.1 Å². The molecule has 0 saturated carbocycles. The van der Waals surface area contributed by atoms with E-state index in [-0.39, 0.29) is 38.8 Å². The summed E-state index contributed by atoms with van der Waals surface area (Å²) in [6, 6.07) is -1.90. The lowest BCUT2D eigenvalue weighted by atomic mass is 9.93. The second kappa shape index (κ2) is 13.5. The number of ketones is 1. The van der Waals surface area contributed by atoms with Crippen molar-refractivity contribution in [1.82, 2.24) is 15.5 Å². The van der Waals surface area contributed by atoms with Gasteiger partial charge < -0.3 is 30.1 Å². The summed E-state index contributed by atoms with van der Waals surface area (Å²) in [5, 5.41) is 13.8. The van der Waals surface area contributed by atoms with Gasteiger partial charge in [0.25, 0.3) is 0 Å². The van der Waals surface area contributed by atoms with E-state index in [1.165, 1.54) is 12.2 Å². The number of nitrogens with zero attached hydrogens (tertiary/aromatic N) is 1. The van der Waals surface area contributed by atoms with E-state index in [0.717, 1.165) is 11.0 Å². The van der Waals surface area contributed by atoms with Crippen LogP contribution in [0.15, 0.2) is 30.1 Å².